The van der Waals surface area contributed by atoms with Crippen LogP contribution in [0.25, 0.3) is 10.8 Å². The van der Waals surface area contributed by atoms with Gasteiger partial charge in [-0.05, 0) is 39.2 Å². The summed E-state index contributed by atoms with van der Waals surface area (Å²) in [6.45, 7) is 2.02. The molecule has 2 unspecified atom stereocenters. The Labute approximate surface area is 108 Å². The van der Waals surface area contributed by atoms with E-state index in [-0.39, 0.29) is 6.10 Å². The van der Waals surface area contributed by atoms with E-state index in [0.717, 1.165) is 33.0 Å². The maximum atomic E-state index is 10.2. The molecule has 0 saturated heterocycles. The monoisotopic (exact) mass is 292 g/mol. The van der Waals surface area contributed by atoms with Crippen LogP contribution in [0, 0.1) is 0 Å². The normalized spacial score (nSPS) is 22.5. The predicted octanol–water partition coefficient (Wildman–Crippen LogP) is 3.81. The molecule has 1 heterocycles. The zero-order chi connectivity index (χ0) is 12.0. The van der Waals surface area contributed by atoms with Crippen LogP contribution in [0.3, 0.4) is 0 Å². The van der Waals surface area contributed by atoms with Crippen molar-refractivity contribution in [3.63, 3.8) is 0 Å². The molecule has 0 aliphatic carbocycles. The Morgan fingerprint density at radius 2 is 2.12 bits per heavy atom. The summed E-state index contributed by atoms with van der Waals surface area (Å²) in [6.07, 6.45) is 0.160. The number of ether oxygens (including phenoxy) is 1. The number of hydrogen-bond acceptors (Lipinski definition) is 2. The van der Waals surface area contributed by atoms with Crippen molar-refractivity contribution in [2.75, 3.05) is 0 Å². The van der Waals surface area contributed by atoms with Gasteiger partial charge in [0.25, 0.3) is 0 Å². The minimum Gasteiger partial charge on any atom is -0.486 e. The molecule has 1 aliphatic heterocycles. The molecular formula is C14H13BrO2. The number of hydrogen-bond donors (Lipinski definition) is 1. The lowest BCUT2D eigenvalue weighted by Gasteiger charge is -2.10. The second-order valence-electron chi connectivity index (χ2n) is 4.34. The fourth-order valence-corrected chi connectivity index (χ4v) is 3.05. The Morgan fingerprint density at radius 1 is 1.35 bits per heavy atom. The summed E-state index contributed by atoms with van der Waals surface area (Å²) in [5.41, 5.74) is 0.891. The van der Waals surface area contributed by atoms with Gasteiger partial charge >= 0.3 is 0 Å². The summed E-state index contributed by atoms with van der Waals surface area (Å²) >= 11 is 3.58. The molecule has 2 nitrogen and oxygen atoms in total. The second kappa shape index (κ2) is 4.00. The van der Waals surface area contributed by atoms with Crippen LogP contribution in [0.1, 0.15) is 25.0 Å². The van der Waals surface area contributed by atoms with Crippen LogP contribution in [-0.2, 0) is 0 Å². The highest BCUT2D eigenvalue weighted by molar-refractivity contribution is 9.10. The Bertz CT molecular complexity index is 580. The van der Waals surface area contributed by atoms with Gasteiger partial charge in [-0.15, -0.1) is 0 Å². The van der Waals surface area contributed by atoms with E-state index >= 15 is 0 Å². The van der Waals surface area contributed by atoms with Crippen molar-refractivity contribution < 1.29 is 9.84 Å². The Morgan fingerprint density at radius 3 is 2.88 bits per heavy atom. The maximum absolute atomic E-state index is 10.2. The standard InChI is InChI=1S/C14H13BrO2/c1-2-11-13(16)10-7-8-5-3-4-6-9(8)12(15)14(10)17-11/h3-7,11,13,16H,2H2,1H3. The average molecular weight is 293 g/mol. The summed E-state index contributed by atoms with van der Waals surface area (Å²) in [4.78, 5) is 0. The minimum absolute atomic E-state index is 0.127. The smallest absolute Gasteiger partial charge is 0.140 e. The Balaban J connectivity index is 2.27. The molecule has 1 aliphatic rings. The van der Waals surface area contributed by atoms with Gasteiger partial charge in [-0.1, -0.05) is 31.2 Å². The van der Waals surface area contributed by atoms with Crippen LogP contribution in [0.4, 0.5) is 0 Å². The number of fused-ring (bicyclic) bond motifs is 2. The molecule has 0 bridgehead atoms. The zero-order valence-electron chi connectivity index (χ0n) is 9.48. The van der Waals surface area contributed by atoms with E-state index in [4.69, 9.17) is 4.74 Å². The van der Waals surface area contributed by atoms with Crippen molar-refractivity contribution in [1.29, 1.82) is 0 Å². The lowest BCUT2D eigenvalue weighted by molar-refractivity contribution is 0.0651. The molecule has 0 aromatic heterocycles. The lowest BCUT2D eigenvalue weighted by Crippen LogP contribution is -2.16. The van der Waals surface area contributed by atoms with Gasteiger partial charge < -0.3 is 9.84 Å². The third kappa shape index (κ3) is 1.57. The molecule has 0 saturated carbocycles. The van der Waals surface area contributed by atoms with Crippen LogP contribution in [-0.4, -0.2) is 11.2 Å². The van der Waals surface area contributed by atoms with Gasteiger partial charge in [0.05, 0.1) is 4.47 Å². The largest absolute Gasteiger partial charge is 0.486 e. The van der Waals surface area contributed by atoms with Crippen molar-refractivity contribution in [2.24, 2.45) is 0 Å². The minimum atomic E-state index is -0.518. The number of aliphatic hydroxyl groups excluding tert-OH is 1. The van der Waals surface area contributed by atoms with Crippen LogP contribution in [0.15, 0.2) is 34.8 Å². The highest BCUT2D eigenvalue weighted by atomic mass is 79.9. The molecule has 0 fully saturated rings. The van der Waals surface area contributed by atoms with Gasteiger partial charge in [0.15, 0.2) is 0 Å². The maximum Gasteiger partial charge on any atom is 0.140 e. The van der Waals surface area contributed by atoms with Gasteiger partial charge in [-0.25, -0.2) is 0 Å². The fourth-order valence-electron chi connectivity index (χ4n) is 2.37. The number of rotatable bonds is 1. The summed E-state index contributed by atoms with van der Waals surface area (Å²) in [5, 5.41) is 12.4. The average Bonchev–Trinajstić information content (AvgIpc) is 2.68. The van der Waals surface area contributed by atoms with E-state index in [1.807, 2.05) is 31.2 Å². The topological polar surface area (TPSA) is 29.5 Å². The van der Waals surface area contributed by atoms with Crippen LogP contribution < -0.4 is 4.74 Å². The molecule has 2 aromatic carbocycles. The van der Waals surface area contributed by atoms with Crippen molar-refractivity contribution >= 4 is 26.7 Å². The first-order valence-corrected chi connectivity index (χ1v) is 6.57. The highest BCUT2D eigenvalue weighted by Gasteiger charge is 2.33. The summed E-state index contributed by atoms with van der Waals surface area (Å²) in [5.74, 6) is 0.794. The van der Waals surface area contributed by atoms with E-state index in [0.29, 0.717) is 0 Å². The fraction of sp³-hybridized carbons (Fsp3) is 0.286. The predicted molar refractivity (Wildman–Crippen MR) is 71.3 cm³/mol. The highest BCUT2D eigenvalue weighted by Crippen LogP contribution is 2.46. The SMILES string of the molecule is CCC1Oc2c(cc3ccccc3c2Br)C1O. The Kier molecular flexibility index (Phi) is 2.60. The molecule has 1 N–H and O–H groups in total. The van der Waals surface area contributed by atoms with Crippen LogP contribution in [0.2, 0.25) is 0 Å². The number of benzene rings is 2. The second-order valence-corrected chi connectivity index (χ2v) is 5.13. The first kappa shape index (κ1) is 11.1. The van der Waals surface area contributed by atoms with Crippen LogP contribution >= 0.6 is 15.9 Å². The molecule has 0 amide bonds. The van der Waals surface area contributed by atoms with Crippen molar-refractivity contribution in [3.8, 4) is 5.75 Å². The van der Waals surface area contributed by atoms with Crippen molar-refractivity contribution in [2.45, 2.75) is 25.6 Å². The van der Waals surface area contributed by atoms with Crippen LogP contribution in [0.5, 0.6) is 5.75 Å². The first-order valence-electron chi connectivity index (χ1n) is 5.78. The van der Waals surface area contributed by atoms with Crippen molar-refractivity contribution in [1.82, 2.24) is 0 Å². The number of halogens is 1. The summed E-state index contributed by atoms with van der Waals surface area (Å²) in [6, 6.07) is 10.1. The van der Waals surface area contributed by atoms with Gasteiger partial charge in [0.1, 0.15) is 18.0 Å². The first-order chi connectivity index (χ1) is 8.22. The molecule has 3 heteroatoms. The molecule has 88 valence electrons. The molecule has 0 radical (unpaired) electrons. The quantitative estimate of drug-likeness (QED) is 0.866. The molecule has 17 heavy (non-hydrogen) atoms. The summed E-state index contributed by atoms with van der Waals surface area (Å²) in [7, 11) is 0. The molecule has 0 spiro atoms. The number of aliphatic hydroxyl groups is 1. The van der Waals surface area contributed by atoms with Gasteiger partial charge in [-0.3, -0.25) is 0 Å². The van der Waals surface area contributed by atoms with E-state index in [9.17, 15) is 5.11 Å². The van der Waals surface area contributed by atoms with Crippen molar-refractivity contribution in [3.05, 3.63) is 40.4 Å². The van der Waals surface area contributed by atoms with E-state index in [1.54, 1.807) is 0 Å². The van der Waals surface area contributed by atoms with Gasteiger partial charge in [0, 0.05) is 5.56 Å². The lowest BCUT2D eigenvalue weighted by atomic mass is 10.0. The molecule has 2 atom stereocenters. The molecule has 2 aromatic rings. The Hall–Kier alpha value is -1.06. The van der Waals surface area contributed by atoms with E-state index in [2.05, 4.69) is 22.0 Å². The zero-order valence-corrected chi connectivity index (χ0v) is 11.1. The third-order valence-electron chi connectivity index (χ3n) is 3.31. The molecule has 3 rings (SSSR count). The van der Waals surface area contributed by atoms with E-state index in [1.165, 1.54) is 0 Å². The molecular weight excluding hydrogens is 280 g/mol. The van der Waals surface area contributed by atoms with E-state index < -0.39 is 6.10 Å². The van der Waals surface area contributed by atoms with Gasteiger partial charge in [-0.2, -0.15) is 0 Å². The van der Waals surface area contributed by atoms with Gasteiger partial charge in [0.2, 0.25) is 0 Å². The third-order valence-corrected chi connectivity index (χ3v) is 4.10. The summed E-state index contributed by atoms with van der Waals surface area (Å²) < 4.78 is 6.76.